The lowest BCUT2D eigenvalue weighted by molar-refractivity contribution is 0.0687. The Bertz CT molecular complexity index is 605. The molecule has 0 fully saturated rings. The molecule has 1 aromatic carbocycles. The van der Waals surface area contributed by atoms with E-state index in [9.17, 15) is 4.79 Å². The van der Waals surface area contributed by atoms with Crippen LogP contribution in [0.25, 0.3) is 10.9 Å². The normalized spacial score (nSPS) is 10.2. The molecule has 80 valence electrons. The number of carboxylic acids is 1. The molecule has 2 rings (SSSR count). The first-order chi connectivity index (χ1) is 7.70. The van der Waals surface area contributed by atoms with Gasteiger partial charge in [0, 0.05) is 5.39 Å². The molecule has 0 amide bonds. The zero-order chi connectivity index (χ0) is 11.7. The standard InChI is InChI=1S/C12H10N2O2/c1-2-8-9-5-3-4-6-10(9)14(7-13)11(8)12(15)16/h3-6H,2H2,1H3,(H,15,16). The number of hydrogen-bond donors (Lipinski definition) is 1. The maximum atomic E-state index is 11.2. The Morgan fingerprint density at radius 1 is 1.50 bits per heavy atom. The third kappa shape index (κ3) is 1.26. The van der Waals surface area contributed by atoms with Gasteiger partial charge in [-0.15, -0.1) is 0 Å². The first-order valence-electron chi connectivity index (χ1n) is 4.96. The van der Waals surface area contributed by atoms with Crippen LogP contribution in [0.15, 0.2) is 24.3 Å². The largest absolute Gasteiger partial charge is 0.477 e. The molecule has 4 nitrogen and oxygen atoms in total. The number of nitriles is 1. The Kier molecular flexibility index (Phi) is 2.37. The fraction of sp³-hybridized carbons (Fsp3) is 0.167. The number of aromatic carboxylic acids is 1. The van der Waals surface area contributed by atoms with E-state index in [1.165, 1.54) is 4.57 Å². The van der Waals surface area contributed by atoms with Crippen LogP contribution in [0.1, 0.15) is 23.0 Å². The van der Waals surface area contributed by atoms with E-state index >= 15 is 0 Å². The Morgan fingerprint density at radius 3 is 2.75 bits per heavy atom. The van der Waals surface area contributed by atoms with Crippen molar-refractivity contribution in [1.82, 2.24) is 4.57 Å². The molecule has 0 aliphatic rings. The molecule has 0 saturated heterocycles. The summed E-state index contributed by atoms with van der Waals surface area (Å²) in [5.41, 5.74) is 1.44. The Labute approximate surface area is 92.3 Å². The molecule has 1 heterocycles. The highest BCUT2D eigenvalue weighted by Gasteiger charge is 2.20. The summed E-state index contributed by atoms with van der Waals surface area (Å²) in [4.78, 5) is 11.2. The number of benzene rings is 1. The zero-order valence-electron chi connectivity index (χ0n) is 8.77. The molecule has 0 bridgehead atoms. The quantitative estimate of drug-likeness (QED) is 0.833. The van der Waals surface area contributed by atoms with Crippen molar-refractivity contribution in [3.05, 3.63) is 35.5 Å². The Hall–Kier alpha value is -2.28. The molecule has 0 aliphatic heterocycles. The van der Waals surface area contributed by atoms with Crippen molar-refractivity contribution in [3.63, 3.8) is 0 Å². The summed E-state index contributed by atoms with van der Waals surface area (Å²) in [6, 6.07) is 7.23. The van der Waals surface area contributed by atoms with Crippen LogP contribution in [0, 0.1) is 11.5 Å². The van der Waals surface area contributed by atoms with Gasteiger partial charge in [-0.3, -0.25) is 0 Å². The summed E-state index contributed by atoms with van der Waals surface area (Å²) in [6.45, 7) is 1.88. The fourth-order valence-corrected chi connectivity index (χ4v) is 1.99. The van der Waals surface area contributed by atoms with Crippen molar-refractivity contribution in [3.8, 4) is 6.19 Å². The molecule has 0 spiro atoms. The molecule has 16 heavy (non-hydrogen) atoms. The average Bonchev–Trinajstić information content (AvgIpc) is 2.62. The number of fused-ring (bicyclic) bond motifs is 1. The van der Waals surface area contributed by atoms with Gasteiger partial charge in [-0.25, -0.2) is 9.36 Å². The minimum atomic E-state index is -1.06. The number of hydrogen-bond acceptors (Lipinski definition) is 2. The number of aromatic nitrogens is 1. The van der Waals surface area contributed by atoms with E-state index in [0.29, 0.717) is 17.5 Å². The number of nitrogens with zero attached hydrogens (tertiary/aromatic N) is 2. The molecule has 0 unspecified atom stereocenters. The topological polar surface area (TPSA) is 66.0 Å². The Balaban J connectivity index is 2.97. The lowest BCUT2D eigenvalue weighted by Crippen LogP contribution is -2.06. The average molecular weight is 214 g/mol. The maximum Gasteiger partial charge on any atom is 0.353 e. The highest BCUT2D eigenvalue weighted by atomic mass is 16.4. The predicted molar refractivity (Wildman–Crippen MR) is 59.3 cm³/mol. The second kappa shape index (κ2) is 3.70. The van der Waals surface area contributed by atoms with E-state index < -0.39 is 5.97 Å². The van der Waals surface area contributed by atoms with Gasteiger partial charge in [0.05, 0.1) is 5.52 Å². The second-order valence-corrected chi connectivity index (χ2v) is 3.44. The van der Waals surface area contributed by atoms with Crippen LogP contribution in [-0.2, 0) is 6.42 Å². The molecule has 2 aromatic rings. The van der Waals surface area contributed by atoms with E-state index in [4.69, 9.17) is 10.4 Å². The van der Waals surface area contributed by atoms with Crippen molar-refractivity contribution in [2.75, 3.05) is 0 Å². The van der Waals surface area contributed by atoms with Crippen molar-refractivity contribution < 1.29 is 9.90 Å². The molecule has 1 N–H and O–H groups in total. The number of rotatable bonds is 2. The third-order valence-electron chi connectivity index (χ3n) is 2.64. The van der Waals surface area contributed by atoms with Gasteiger partial charge in [0.25, 0.3) is 0 Å². The van der Waals surface area contributed by atoms with Crippen molar-refractivity contribution in [2.45, 2.75) is 13.3 Å². The van der Waals surface area contributed by atoms with Crippen LogP contribution >= 0.6 is 0 Å². The lowest BCUT2D eigenvalue weighted by Gasteiger charge is -1.97. The van der Waals surface area contributed by atoms with Gasteiger partial charge in [0.2, 0.25) is 0 Å². The van der Waals surface area contributed by atoms with Crippen molar-refractivity contribution >= 4 is 16.9 Å². The molecule has 1 aromatic heterocycles. The number of para-hydroxylation sites is 1. The highest BCUT2D eigenvalue weighted by Crippen LogP contribution is 2.26. The number of carbonyl (C=O) groups is 1. The maximum absolute atomic E-state index is 11.2. The molecule has 0 aliphatic carbocycles. The minimum absolute atomic E-state index is 0.0752. The van der Waals surface area contributed by atoms with Crippen LogP contribution in [0.2, 0.25) is 0 Å². The second-order valence-electron chi connectivity index (χ2n) is 3.44. The van der Waals surface area contributed by atoms with Crippen LogP contribution in [-0.4, -0.2) is 15.6 Å². The van der Waals surface area contributed by atoms with Crippen LogP contribution in [0.5, 0.6) is 0 Å². The first-order valence-corrected chi connectivity index (χ1v) is 4.96. The van der Waals surface area contributed by atoms with Gasteiger partial charge in [-0.1, -0.05) is 25.1 Å². The summed E-state index contributed by atoms with van der Waals surface area (Å²) in [5.74, 6) is -1.06. The molecule has 0 saturated carbocycles. The summed E-state index contributed by atoms with van der Waals surface area (Å²) in [6.07, 6.45) is 2.50. The van der Waals surface area contributed by atoms with Gasteiger partial charge < -0.3 is 5.11 Å². The smallest absolute Gasteiger partial charge is 0.353 e. The van der Waals surface area contributed by atoms with Crippen LogP contribution in [0.3, 0.4) is 0 Å². The number of carboxylic acid groups (broad SMARTS) is 1. The van der Waals surface area contributed by atoms with E-state index in [2.05, 4.69) is 0 Å². The van der Waals surface area contributed by atoms with E-state index in [1.807, 2.05) is 25.2 Å². The Morgan fingerprint density at radius 2 is 2.19 bits per heavy atom. The van der Waals surface area contributed by atoms with Crippen molar-refractivity contribution in [2.24, 2.45) is 0 Å². The zero-order valence-corrected chi connectivity index (χ0v) is 8.77. The summed E-state index contributed by atoms with van der Waals surface area (Å²) < 4.78 is 1.18. The van der Waals surface area contributed by atoms with Gasteiger partial charge in [0.15, 0.2) is 6.19 Å². The van der Waals surface area contributed by atoms with E-state index in [1.54, 1.807) is 12.1 Å². The SMILES string of the molecule is CCc1c(C(=O)O)n(C#N)c2ccccc12. The van der Waals surface area contributed by atoms with E-state index in [0.717, 1.165) is 5.39 Å². The molecule has 0 atom stereocenters. The van der Waals surface area contributed by atoms with E-state index in [-0.39, 0.29) is 5.69 Å². The monoisotopic (exact) mass is 214 g/mol. The lowest BCUT2D eigenvalue weighted by atomic mass is 10.1. The first kappa shape index (κ1) is 10.2. The van der Waals surface area contributed by atoms with Gasteiger partial charge >= 0.3 is 5.97 Å². The number of aryl methyl sites for hydroxylation is 1. The van der Waals surface area contributed by atoms with Gasteiger partial charge in [0.1, 0.15) is 5.69 Å². The predicted octanol–water partition coefficient (Wildman–Crippen LogP) is 2.23. The highest BCUT2D eigenvalue weighted by molar-refractivity contribution is 5.98. The van der Waals surface area contributed by atoms with Crippen LogP contribution < -0.4 is 0 Å². The summed E-state index contributed by atoms with van der Waals surface area (Å²) in [7, 11) is 0. The van der Waals surface area contributed by atoms with Crippen molar-refractivity contribution in [1.29, 1.82) is 5.26 Å². The van der Waals surface area contributed by atoms with Gasteiger partial charge in [-0.2, -0.15) is 5.26 Å². The molecule has 0 radical (unpaired) electrons. The summed E-state index contributed by atoms with van der Waals surface area (Å²) >= 11 is 0. The third-order valence-corrected chi connectivity index (χ3v) is 2.64. The molecular formula is C12H10N2O2. The minimum Gasteiger partial charge on any atom is -0.477 e. The van der Waals surface area contributed by atoms with Gasteiger partial charge in [-0.05, 0) is 18.1 Å². The van der Waals surface area contributed by atoms with Crippen LogP contribution in [0.4, 0.5) is 0 Å². The summed E-state index contributed by atoms with van der Waals surface area (Å²) in [5, 5.41) is 19.0. The molecular weight excluding hydrogens is 204 g/mol. The molecule has 4 heteroatoms. The fourth-order valence-electron chi connectivity index (χ4n) is 1.99.